The highest BCUT2D eigenvalue weighted by Gasteiger charge is 2.22. The van der Waals surface area contributed by atoms with Gasteiger partial charge in [-0.25, -0.2) is 17.6 Å². The molecule has 29 heavy (non-hydrogen) atoms. The van der Waals surface area contributed by atoms with Crippen molar-refractivity contribution in [1.29, 1.82) is 0 Å². The normalized spacial score (nSPS) is 12.5. The van der Waals surface area contributed by atoms with E-state index in [1.165, 1.54) is 36.0 Å². The zero-order valence-corrected chi connectivity index (χ0v) is 15.2. The molecule has 0 atom stereocenters. The molecule has 1 heterocycles. The van der Waals surface area contributed by atoms with Gasteiger partial charge in [0.25, 0.3) is 11.8 Å². The zero-order valence-electron chi connectivity index (χ0n) is 14.4. The van der Waals surface area contributed by atoms with Crippen LogP contribution in [0.25, 0.3) is 0 Å². The molecule has 0 radical (unpaired) electrons. The number of hydrogen-bond acceptors (Lipinski definition) is 3. The van der Waals surface area contributed by atoms with Crippen LogP contribution in [0.1, 0.15) is 20.7 Å². The van der Waals surface area contributed by atoms with Gasteiger partial charge in [-0.15, -0.1) is 0 Å². The van der Waals surface area contributed by atoms with Gasteiger partial charge >= 0.3 is 0 Å². The van der Waals surface area contributed by atoms with Crippen LogP contribution in [0.2, 0.25) is 0 Å². The Morgan fingerprint density at radius 1 is 0.897 bits per heavy atom. The summed E-state index contributed by atoms with van der Waals surface area (Å²) in [5.41, 5.74) is 0.310. The van der Waals surface area contributed by atoms with Crippen LogP contribution in [-0.4, -0.2) is 11.8 Å². The quantitative estimate of drug-likeness (QED) is 0.444. The first-order valence-corrected chi connectivity index (χ1v) is 9.02. The number of hydrogen-bond donors (Lipinski definition) is 2. The summed E-state index contributed by atoms with van der Waals surface area (Å²) in [6.45, 7) is 0. The molecule has 3 aromatic rings. The van der Waals surface area contributed by atoms with Crippen molar-refractivity contribution in [2.24, 2.45) is 0 Å². The molecular weight excluding hydrogens is 408 g/mol. The number of carbonyl (C=O) groups is 2. The second-order valence-electron chi connectivity index (χ2n) is 6.12. The van der Waals surface area contributed by atoms with Crippen molar-refractivity contribution in [3.8, 4) is 0 Å². The van der Waals surface area contributed by atoms with Gasteiger partial charge in [0.1, 0.15) is 5.82 Å². The number of nitrogens with one attached hydrogen (secondary N) is 2. The van der Waals surface area contributed by atoms with Crippen molar-refractivity contribution in [2.75, 3.05) is 10.6 Å². The summed E-state index contributed by atoms with van der Waals surface area (Å²) in [6, 6.07) is 9.58. The van der Waals surface area contributed by atoms with Gasteiger partial charge in [0, 0.05) is 33.2 Å². The van der Waals surface area contributed by atoms with E-state index in [1.54, 1.807) is 6.07 Å². The fourth-order valence-corrected chi connectivity index (χ4v) is 3.76. The topological polar surface area (TPSA) is 58.2 Å². The first kappa shape index (κ1) is 19.0. The third kappa shape index (κ3) is 3.68. The van der Waals surface area contributed by atoms with Crippen molar-refractivity contribution < 1.29 is 27.2 Å². The van der Waals surface area contributed by atoms with E-state index in [0.29, 0.717) is 27.6 Å². The molecule has 0 spiro atoms. The molecule has 2 N–H and O–H groups in total. The molecule has 1 aliphatic heterocycles. The minimum Gasteiger partial charge on any atom is -0.322 e. The van der Waals surface area contributed by atoms with E-state index < -0.39 is 35.1 Å². The Hall–Kier alpha value is -3.33. The first-order chi connectivity index (χ1) is 13.8. The van der Waals surface area contributed by atoms with Gasteiger partial charge in [-0.05, 0) is 36.4 Å². The van der Waals surface area contributed by atoms with E-state index in [2.05, 4.69) is 10.6 Å². The summed E-state index contributed by atoms with van der Waals surface area (Å²) >= 11 is 1.22. The summed E-state index contributed by atoms with van der Waals surface area (Å²) < 4.78 is 53.2. The van der Waals surface area contributed by atoms with E-state index in [1.807, 2.05) is 0 Å². The van der Waals surface area contributed by atoms with E-state index in [4.69, 9.17) is 0 Å². The van der Waals surface area contributed by atoms with Crippen LogP contribution in [0, 0.1) is 23.3 Å². The standard InChI is InChI=1S/C20H10F4N2O2S/c21-10-2-4-16-12(6-10)20(28)26-15-5-9(1-3-17(15)29-16)19(27)25-11-7-13(22)18(24)14(23)8-11/h1-8H,(H,25,27)(H,26,28). The van der Waals surface area contributed by atoms with Gasteiger partial charge in [-0.2, -0.15) is 0 Å². The molecule has 2 amide bonds. The number of benzene rings is 3. The van der Waals surface area contributed by atoms with Crippen molar-refractivity contribution in [1.82, 2.24) is 0 Å². The van der Waals surface area contributed by atoms with Crippen LogP contribution in [-0.2, 0) is 0 Å². The van der Waals surface area contributed by atoms with E-state index >= 15 is 0 Å². The molecule has 0 saturated carbocycles. The number of amides is 2. The van der Waals surface area contributed by atoms with E-state index in [-0.39, 0.29) is 16.8 Å². The second-order valence-corrected chi connectivity index (χ2v) is 7.20. The fourth-order valence-electron chi connectivity index (χ4n) is 2.77. The Labute approximate surface area is 165 Å². The summed E-state index contributed by atoms with van der Waals surface area (Å²) in [6.07, 6.45) is 0. The number of carbonyl (C=O) groups excluding carboxylic acids is 2. The van der Waals surface area contributed by atoms with Crippen LogP contribution >= 0.6 is 11.8 Å². The fraction of sp³-hybridized carbons (Fsp3) is 0. The largest absolute Gasteiger partial charge is 0.322 e. The lowest BCUT2D eigenvalue weighted by Crippen LogP contribution is -2.15. The predicted molar refractivity (Wildman–Crippen MR) is 99.2 cm³/mol. The smallest absolute Gasteiger partial charge is 0.256 e. The average molecular weight is 418 g/mol. The first-order valence-electron chi connectivity index (χ1n) is 8.20. The van der Waals surface area contributed by atoms with Crippen molar-refractivity contribution in [3.05, 3.63) is 82.9 Å². The van der Waals surface area contributed by atoms with Crippen LogP contribution in [0.3, 0.4) is 0 Å². The molecular formula is C20H10F4N2O2S. The Morgan fingerprint density at radius 2 is 1.59 bits per heavy atom. The molecule has 4 rings (SSSR count). The van der Waals surface area contributed by atoms with Gasteiger partial charge in [0.2, 0.25) is 0 Å². The van der Waals surface area contributed by atoms with Gasteiger partial charge < -0.3 is 10.6 Å². The predicted octanol–water partition coefficient (Wildman–Crippen LogP) is 5.21. The maximum atomic E-state index is 13.5. The van der Waals surface area contributed by atoms with Crippen molar-refractivity contribution >= 4 is 35.0 Å². The number of halogens is 4. The summed E-state index contributed by atoms with van der Waals surface area (Å²) in [5.74, 6) is -6.31. The minimum absolute atomic E-state index is 0.0897. The molecule has 0 aromatic heterocycles. The Bertz CT molecular complexity index is 1160. The van der Waals surface area contributed by atoms with E-state index in [0.717, 1.165) is 6.07 Å². The summed E-state index contributed by atoms with van der Waals surface area (Å²) in [7, 11) is 0. The lowest BCUT2D eigenvalue weighted by Gasteiger charge is -2.10. The summed E-state index contributed by atoms with van der Waals surface area (Å²) in [5, 5.41) is 4.89. The molecule has 9 heteroatoms. The van der Waals surface area contributed by atoms with Crippen molar-refractivity contribution in [2.45, 2.75) is 9.79 Å². The number of fused-ring (bicyclic) bond motifs is 2. The van der Waals surface area contributed by atoms with E-state index in [9.17, 15) is 27.2 Å². The molecule has 0 bridgehead atoms. The molecule has 0 fully saturated rings. The molecule has 0 saturated heterocycles. The van der Waals surface area contributed by atoms with Crippen LogP contribution in [0.4, 0.5) is 28.9 Å². The van der Waals surface area contributed by atoms with Gasteiger partial charge in [-0.3, -0.25) is 9.59 Å². The van der Waals surface area contributed by atoms with Gasteiger partial charge in [-0.1, -0.05) is 11.8 Å². The van der Waals surface area contributed by atoms with Crippen LogP contribution in [0.5, 0.6) is 0 Å². The highest BCUT2D eigenvalue weighted by atomic mass is 32.2. The number of rotatable bonds is 2. The Morgan fingerprint density at radius 3 is 2.31 bits per heavy atom. The third-order valence-corrected chi connectivity index (χ3v) is 5.29. The highest BCUT2D eigenvalue weighted by molar-refractivity contribution is 7.99. The third-order valence-electron chi connectivity index (χ3n) is 4.14. The molecule has 3 aromatic carbocycles. The highest BCUT2D eigenvalue weighted by Crippen LogP contribution is 2.39. The Balaban J connectivity index is 1.62. The van der Waals surface area contributed by atoms with Gasteiger partial charge in [0.15, 0.2) is 17.5 Å². The minimum atomic E-state index is -1.64. The maximum absolute atomic E-state index is 13.5. The second kappa shape index (κ2) is 7.25. The average Bonchev–Trinajstić information content (AvgIpc) is 2.81. The lowest BCUT2D eigenvalue weighted by molar-refractivity contribution is 0.101. The van der Waals surface area contributed by atoms with Crippen LogP contribution < -0.4 is 10.6 Å². The lowest BCUT2D eigenvalue weighted by atomic mass is 10.1. The zero-order chi connectivity index (χ0) is 20.7. The van der Waals surface area contributed by atoms with Gasteiger partial charge in [0.05, 0.1) is 11.3 Å². The molecule has 1 aliphatic rings. The maximum Gasteiger partial charge on any atom is 0.256 e. The molecule has 4 nitrogen and oxygen atoms in total. The summed E-state index contributed by atoms with van der Waals surface area (Å²) in [4.78, 5) is 26.0. The number of anilines is 2. The Kier molecular flexibility index (Phi) is 4.75. The van der Waals surface area contributed by atoms with Crippen molar-refractivity contribution in [3.63, 3.8) is 0 Å². The van der Waals surface area contributed by atoms with Crippen LogP contribution in [0.15, 0.2) is 58.3 Å². The molecule has 146 valence electrons. The monoisotopic (exact) mass is 418 g/mol. The SMILES string of the molecule is O=C(Nc1cc(F)c(F)c(F)c1)c1ccc2c(c1)NC(=O)c1cc(F)ccc1S2. The molecule has 0 unspecified atom stereocenters. The molecule has 0 aliphatic carbocycles.